The second kappa shape index (κ2) is 6.87. The molecule has 1 unspecified atom stereocenters. The summed E-state index contributed by atoms with van der Waals surface area (Å²) in [6, 6.07) is 0. The van der Waals surface area contributed by atoms with Gasteiger partial charge in [0, 0.05) is 13.2 Å². The third-order valence-electron chi connectivity index (χ3n) is 3.37. The third kappa shape index (κ3) is 3.82. The first-order chi connectivity index (χ1) is 9.95. The Morgan fingerprint density at radius 2 is 2.33 bits per heavy atom. The highest BCUT2D eigenvalue weighted by molar-refractivity contribution is 7.89. The molecule has 21 heavy (non-hydrogen) atoms. The lowest BCUT2D eigenvalue weighted by Gasteiger charge is -2.22. The summed E-state index contributed by atoms with van der Waals surface area (Å²) in [5.74, 6) is -0.455. The van der Waals surface area contributed by atoms with Gasteiger partial charge in [-0.05, 0) is 36.6 Å². The summed E-state index contributed by atoms with van der Waals surface area (Å²) in [5, 5.41) is 1.64. The van der Waals surface area contributed by atoms with Crippen LogP contribution in [-0.4, -0.2) is 41.3 Å². The van der Waals surface area contributed by atoms with Gasteiger partial charge in [-0.15, -0.1) is 11.3 Å². The van der Waals surface area contributed by atoms with Crippen molar-refractivity contribution in [1.82, 2.24) is 4.72 Å². The zero-order valence-corrected chi connectivity index (χ0v) is 13.7. The fourth-order valence-electron chi connectivity index (χ4n) is 2.27. The second-order valence-corrected chi connectivity index (χ2v) is 7.59. The van der Waals surface area contributed by atoms with Crippen molar-refractivity contribution < 1.29 is 22.7 Å². The van der Waals surface area contributed by atoms with E-state index in [9.17, 15) is 13.2 Å². The van der Waals surface area contributed by atoms with Crippen LogP contribution in [0.4, 0.5) is 0 Å². The highest BCUT2D eigenvalue weighted by Crippen LogP contribution is 2.27. The second-order valence-electron chi connectivity index (χ2n) is 5.00. The zero-order chi connectivity index (χ0) is 15.5. The Hall–Kier alpha value is -0.960. The topological polar surface area (TPSA) is 81.7 Å². The largest absolute Gasteiger partial charge is 0.465 e. The molecule has 0 aliphatic carbocycles. The number of ether oxygens (including phenoxy) is 2. The average molecular weight is 333 g/mol. The predicted molar refractivity (Wildman–Crippen MR) is 79.1 cm³/mol. The maximum atomic E-state index is 12.4. The lowest BCUT2D eigenvalue weighted by molar-refractivity contribution is 0.0567. The molecule has 1 atom stereocenters. The van der Waals surface area contributed by atoms with Crippen LogP contribution in [-0.2, 0) is 19.5 Å². The minimum absolute atomic E-state index is 0.0241. The van der Waals surface area contributed by atoms with Crippen molar-refractivity contribution in [3.63, 3.8) is 0 Å². The van der Waals surface area contributed by atoms with Gasteiger partial charge in [-0.25, -0.2) is 17.9 Å². The van der Waals surface area contributed by atoms with Crippen molar-refractivity contribution in [3.8, 4) is 0 Å². The summed E-state index contributed by atoms with van der Waals surface area (Å²) >= 11 is 1.08. The summed E-state index contributed by atoms with van der Waals surface area (Å²) in [5.41, 5.74) is 0.549. The minimum atomic E-state index is -3.73. The molecule has 118 valence electrons. The molecule has 1 fully saturated rings. The first kappa shape index (κ1) is 16.4. The number of sulfonamides is 1. The highest BCUT2D eigenvalue weighted by Gasteiger charge is 2.28. The van der Waals surface area contributed by atoms with Gasteiger partial charge in [-0.1, -0.05) is 0 Å². The fraction of sp³-hybridized carbons (Fsp3) is 0.615. The number of methoxy groups -OCH3 is 1. The van der Waals surface area contributed by atoms with E-state index >= 15 is 0 Å². The molecule has 0 aromatic carbocycles. The Morgan fingerprint density at radius 1 is 1.57 bits per heavy atom. The van der Waals surface area contributed by atoms with Gasteiger partial charge in [0.2, 0.25) is 10.0 Å². The number of nitrogens with one attached hydrogen (secondary N) is 1. The zero-order valence-electron chi connectivity index (χ0n) is 12.0. The van der Waals surface area contributed by atoms with E-state index < -0.39 is 16.0 Å². The van der Waals surface area contributed by atoms with Gasteiger partial charge in [0.15, 0.2) is 0 Å². The molecule has 0 radical (unpaired) electrons. The molecule has 0 saturated carbocycles. The molecule has 2 heterocycles. The lowest BCUT2D eigenvalue weighted by Crippen LogP contribution is -2.34. The summed E-state index contributed by atoms with van der Waals surface area (Å²) < 4.78 is 37.4. The van der Waals surface area contributed by atoms with Crippen LogP contribution in [0, 0.1) is 12.8 Å². The quantitative estimate of drug-likeness (QED) is 0.827. The van der Waals surface area contributed by atoms with E-state index in [-0.39, 0.29) is 15.7 Å². The van der Waals surface area contributed by atoms with Gasteiger partial charge < -0.3 is 9.47 Å². The van der Waals surface area contributed by atoms with Crippen LogP contribution in [0.25, 0.3) is 0 Å². The van der Waals surface area contributed by atoms with Gasteiger partial charge >= 0.3 is 5.97 Å². The molecule has 1 N–H and O–H groups in total. The maximum Gasteiger partial charge on any atom is 0.349 e. The summed E-state index contributed by atoms with van der Waals surface area (Å²) in [4.78, 5) is 11.8. The van der Waals surface area contributed by atoms with E-state index in [0.29, 0.717) is 18.7 Å². The number of carbonyl (C=O) groups is 1. The molecule has 1 aliphatic rings. The van der Waals surface area contributed by atoms with Crippen LogP contribution in [0.15, 0.2) is 10.3 Å². The van der Waals surface area contributed by atoms with Gasteiger partial charge in [-0.2, -0.15) is 0 Å². The van der Waals surface area contributed by atoms with Crippen molar-refractivity contribution in [1.29, 1.82) is 0 Å². The molecule has 1 saturated heterocycles. The number of carbonyl (C=O) groups excluding carboxylic acids is 1. The number of hydrogen-bond donors (Lipinski definition) is 1. The van der Waals surface area contributed by atoms with E-state index in [1.54, 1.807) is 12.3 Å². The SMILES string of the molecule is COC(=O)c1scc(C)c1S(=O)(=O)NCC1CCCOC1. The standard InChI is InChI=1S/C13H19NO5S2/c1-9-8-20-11(13(15)18-2)12(9)21(16,17)14-6-10-4-3-5-19-7-10/h8,10,14H,3-7H2,1-2H3. The molecule has 6 nitrogen and oxygen atoms in total. The smallest absolute Gasteiger partial charge is 0.349 e. The Morgan fingerprint density at radius 3 is 2.95 bits per heavy atom. The van der Waals surface area contributed by atoms with Crippen molar-refractivity contribution in [2.24, 2.45) is 5.92 Å². The molecule has 8 heteroatoms. The molecular formula is C13H19NO5S2. The Bertz CT molecular complexity index is 602. The summed E-state index contributed by atoms with van der Waals surface area (Å²) in [6.45, 7) is 3.29. The molecule has 1 aromatic heterocycles. The molecule has 1 aliphatic heterocycles. The van der Waals surface area contributed by atoms with E-state index in [2.05, 4.69) is 9.46 Å². The molecule has 2 rings (SSSR count). The Kier molecular flexibility index (Phi) is 5.37. The van der Waals surface area contributed by atoms with E-state index in [0.717, 1.165) is 30.8 Å². The molecule has 0 bridgehead atoms. The minimum Gasteiger partial charge on any atom is -0.465 e. The normalized spacial score (nSPS) is 19.4. The Balaban J connectivity index is 2.15. The Labute approximate surface area is 128 Å². The predicted octanol–water partition coefficient (Wildman–Crippen LogP) is 1.55. The highest BCUT2D eigenvalue weighted by atomic mass is 32.2. The van der Waals surface area contributed by atoms with Crippen LogP contribution in [0.5, 0.6) is 0 Å². The van der Waals surface area contributed by atoms with Crippen LogP contribution in [0.2, 0.25) is 0 Å². The third-order valence-corrected chi connectivity index (χ3v) is 6.19. The van der Waals surface area contributed by atoms with Gasteiger partial charge in [-0.3, -0.25) is 0 Å². The van der Waals surface area contributed by atoms with Gasteiger partial charge in [0.05, 0.1) is 13.7 Å². The van der Waals surface area contributed by atoms with Crippen LogP contribution >= 0.6 is 11.3 Å². The molecule has 0 amide bonds. The van der Waals surface area contributed by atoms with Gasteiger partial charge in [0.1, 0.15) is 9.77 Å². The molecular weight excluding hydrogens is 314 g/mol. The summed E-state index contributed by atoms with van der Waals surface area (Å²) in [6.07, 6.45) is 1.88. The monoisotopic (exact) mass is 333 g/mol. The average Bonchev–Trinajstić information content (AvgIpc) is 2.88. The number of thiophene rings is 1. The van der Waals surface area contributed by atoms with E-state index in [4.69, 9.17) is 4.74 Å². The van der Waals surface area contributed by atoms with Crippen molar-refractivity contribution in [2.75, 3.05) is 26.9 Å². The van der Waals surface area contributed by atoms with E-state index in [1.165, 1.54) is 7.11 Å². The fourth-order valence-corrected chi connectivity index (χ4v) is 5.09. The molecule has 1 aromatic rings. The van der Waals surface area contributed by atoms with Crippen molar-refractivity contribution >= 4 is 27.3 Å². The number of rotatable bonds is 5. The van der Waals surface area contributed by atoms with Crippen LogP contribution in [0.1, 0.15) is 28.1 Å². The van der Waals surface area contributed by atoms with Crippen molar-refractivity contribution in [3.05, 3.63) is 15.8 Å². The van der Waals surface area contributed by atoms with Gasteiger partial charge in [0.25, 0.3) is 0 Å². The maximum absolute atomic E-state index is 12.4. The number of hydrogen-bond acceptors (Lipinski definition) is 6. The molecule has 0 spiro atoms. The summed E-state index contributed by atoms with van der Waals surface area (Å²) in [7, 11) is -2.49. The van der Waals surface area contributed by atoms with Crippen LogP contribution in [0.3, 0.4) is 0 Å². The number of esters is 1. The van der Waals surface area contributed by atoms with Crippen molar-refractivity contribution in [2.45, 2.75) is 24.7 Å². The number of aryl methyl sites for hydroxylation is 1. The van der Waals surface area contributed by atoms with Crippen LogP contribution < -0.4 is 4.72 Å². The lowest BCUT2D eigenvalue weighted by atomic mass is 10.0. The van der Waals surface area contributed by atoms with E-state index in [1.807, 2.05) is 0 Å². The first-order valence-electron chi connectivity index (χ1n) is 6.69. The first-order valence-corrected chi connectivity index (χ1v) is 9.06.